The van der Waals surface area contributed by atoms with Gasteiger partial charge in [-0.3, -0.25) is 0 Å². The lowest BCUT2D eigenvalue weighted by atomic mass is 9.77. The molecule has 0 spiro atoms. The summed E-state index contributed by atoms with van der Waals surface area (Å²) >= 11 is 0. The van der Waals surface area contributed by atoms with Gasteiger partial charge in [0.05, 0.1) is 0 Å². The molecule has 1 fully saturated rings. The summed E-state index contributed by atoms with van der Waals surface area (Å²) in [5.41, 5.74) is 0.269. The first-order valence-corrected chi connectivity index (χ1v) is 6.32. The highest BCUT2D eigenvalue weighted by Crippen LogP contribution is 2.36. The zero-order valence-corrected chi connectivity index (χ0v) is 8.51. The minimum Gasteiger partial charge on any atom is -0.243 e. The fourth-order valence-electron chi connectivity index (χ4n) is 1.82. The number of rotatable bonds is 2. The molecule has 3 heteroatoms. The van der Waals surface area contributed by atoms with Gasteiger partial charge in [-0.25, -0.2) is 4.21 Å². The van der Waals surface area contributed by atoms with Crippen LogP contribution in [-0.4, -0.2) is 9.96 Å². The van der Waals surface area contributed by atoms with Crippen molar-refractivity contribution in [3.63, 3.8) is 0 Å². The zero-order chi connectivity index (χ0) is 8.32. The molecule has 1 nitrogen and oxygen atoms in total. The van der Waals surface area contributed by atoms with Crippen LogP contribution in [-0.2, 0) is 10.0 Å². The first-order valence-electron chi connectivity index (χ1n) is 4.17. The lowest BCUT2D eigenvalue weighted by Crippen LogP contribution is -2.25. The van der Waals surface area contributed by atoms with Crippen molar-refractivity contribution in [1.82, 2.24) is 0 Å². The van der Waals surface area contributed by atoms with Crippen LogP contribution in [0.2, 0.25) is 0 Å². The van der Waals surface area contributed by atoms with Gasteiger partial charge in [0.1, 0.15) is 10.0 Å². The van der Waals surface area contributed by atoms with Gasteiger partial charge in [0.2, 0.25) is 0 Å². The van der Waals surface area contributed by atoms with Crippen molar-refractivity contribution in [3.05, 3.63) is 0 Å². The molecule has 66 valence electrons. The van der Waals surface area contributed by atoms with Crippen molar-refractivity contribution >= 4 is 20.7 Å². The summed E-state index contributed by atoms with van der Waals surface area (Å²) in [4.78, 5) is 0. The second-order valence-electron chi connectivity index (χ2n) is 3.81. The van der Waals surface area contributed by atoms with E-state index in [1.54, 1.807) is 0 Å². The van der Waals surface area contributed by atoms with Crippen LogP contribution in [0.3, 0.4) is 0 Å². The Bertz CT molecular complexity index is 152. The highest BCUT2D eigenvalue weighted by molar-refractivity contribution is 8.08. The molecule has 1 atom stereocenters. The van der Waals surface area contributed by atoms with E-state index in [4.69, 9.17) is 10.7 Å². The first kappa shape index (κ1) is 9.53. The molecule has 0 aromatic heterocycles. The lowest BCUT2D eigenvalue weighted by molar-refractivity contribution is 0.250. The fraction of sp³-hybridized carbons (Fsp3) is 1.00. The molecule has 1 rings (SSSR count). The second kappa shape index (κ2) is 3.90. The van der Waals surface area contributed by atoms with Crippen LogP contribution in [0.25, 0.3) is 0 Å². The van der Waals surface area contributed by atoms with E-state index in [9.17, 15) is 4.21 Å². The number of hydrogen-bond donors (Lipinski definition) is 0. The Morgan fingerprint density at radius 3 is 2.36 bits per heavy atom. The van der Waals surface area contributed by atoms with E-state index in [1.165, 1.54) is 32.1 Å². The third kappa shape index (κ3) is 3.12. The van der Waals surface area contributed by atoms with Crippen LogP contribution in [0.5, 0.6) is 0 Å². The average molecular weight is 195 g/mol. The van der Waals surface area contributed by atoms with Crippen LogP contribution in [0.1, 0.15) is 39.0 Å². The van der Waals surface area contributed by atoms with Gasteiger partial charge in [0, 0.05) is 5.75 Å². The van der Waals surface area contributed by atoms with Crippen molar-refractivity contribution in [3.8, 4) is 0 Å². The molecule has 0 aliphatic heterocycles. The Balaban J connectivity index is 2.43. The van der Waals surface area contributed by atoms with E-state index < -0.39 is 10.0 Å². The zero-order valence-electron chi connectivity index (χ0n) is 6.94. The van der Waals surface area contributed by atoms with Crippen LogP contribution in [0.4, 0.5) is 0 Å². The first-order chi connectivity index (χ1) is 5.12. The predicted molar refractivity (Wildman–Crippen MR) is 50.1 cm³/mol. The van der Waals surface area contributed by atoms with E-state index in [0.717, 1.165) is 0 Å². The fourth-order valence-corrected chi connectivity index (χ4v) is 3.45. The quantitative estimate of drug-likeness (QED) is 0.618. The van der Waals surface area contributed by atoms with Crippen LogP contribution in [0, 0.1) is 5.41 Å². The summed E-state index contributed by atoms with van der Waals surface area (Å²) in [6, 6.07) is 0. The van der Waals surface area contributed by atoms with Crippen LogP contribution >= 0.6 is 10.7 Å². The van der Waals surface area contributed by atoms with E-state index in [1.807, 2.05) is 0 Å². The molecule has 0 N–H and O–H groups in total. The van der Waals surface area contributed by atoms with E-state index in [2.05, 4.69) is 6.92 Å². The Kier molecular flexibility index (Phi) is 3.38. The molecule has 0 amide bonds. The van der Waals surface area contributed by atoms with Crippen molar-refractivity contribution < 1.29 is 4.21 Å². The Labute approximate surface area is 75.5 Å². The SMILES string of the molecule is CC1(CS(=O)Cl)CCCCC1. The highest BCUT2D eigenvalue weighted by Gasteiger charge is 2.28. The van der Waals surface area contributed by atoms with Crippen LogP contribution < -0.4 is 0 Å². The van der Waals surface area contributed by atoms with Crippen molar-refractivity contribution in [2.24, 2.45) is 5.41 Å². The van der Waals surface area contributed by atoms with Crippen molar-refractivity contribution in [2.45, 2.75) is 39.0 Å². The minimum absolute atomic E-state index is 0.269. The van der Waals surface area contributed by atoms with E-state index in [0.29, 0.717) is 5.75 Å². The maximum atomic E-state index is 10.8. The summed E-state index contributed by atoms with van der Waals surface area (Å²) in [7, 11) is 4.34. The molecule has 0 aromatic rings. The van der Waals surface area contributed by atoms with Crippen LogP contribution in [0.15, 0.2) is 0 Å². The van der Waals surface area contributed by atoms with Gasteiger partial charge in [0.15, 0.2) is 0 Å². The van der Waals surface area contributed by atoms with Gasteiger partial charge in [0.25, 0.3) is 0 Å². The maximum Gasteiger partial charge on any atom is 0.115 e. The molecule has 1 unspecified atom stereocenters. The summed E-state index contributed by atoms with van der Waals surface area (Å²) in [6.07, 6.45) is 6.30. The molecule has 0 bridgehead atoms. The highest BCUT2D eigenvalue weighted by atomic mass is 35.7. The Morgan fingerprint density at radius 2 is 1.91 bits per heavy atom. The van der Waals surface area contributed by atoms with Gasteiger partial charge in [-0.05, 0) is 28.9 Å². The summed E-state index contributed by atoms with van der Waals surface area (Å²) in [5, 5.41) is 0. The summed E-state index contributed by atoms with van der Waals surface area (Å²) in [5.74, 6) is 0.675. The predicted octanol–water partition coefficient (Wildman–Crippen LogP) is 2.86. The molecular formula is C8H15ClOS. The van der Waals surface area contributed by atoms with Gasteiger partial charge in [-0.1, -0.05) is 26.2 Å². The maximum absolute atomic E-state index is 10.8. The molecule has 11 heavy (non-hydrogen) atoms. The standard InChI is InChI=1S/C8H15ClOS/c1-8(7-11(9)10)5-3-2-4-6-8/h2-7H2,1H3. The number of halogens is 1. The third-order valence-electron chi connectivity index (χ3n) is 2.52. The van der Waals surface area contributed by atoms with E-state index in [-0.39, 0.29) is 5.41 Å². The smallest absolute Gasteiger partial charge is 0.115 e. The summed E-state index contributed by atoms with van der Waals surface area (Å²) < 4.78 is 10.8. The monoisotopic (exact) mass is 194 g/mol. The minimum atomic E-state index is -1.13. The summed E-state index contributed by atoms with van der Waals surface area (Å²) in [6.45, 7) is 2.20. The normalized spacial score (nSPS) is 26.4. The Morgan fingerprint density at radius 1 is 1.36 bits per heavy atom. The lowest BCUT2D eigenvalue weighted by Gasteiger charge is -2.31. The molecular weight excluding hydrogens is 180 g/mol. The largest absolute Gasteiger partial charge is 0.243 e. The van der Waals surface area contributed by atoms with Crippen molar-refractivity contribution in [2.75, 3.05) is 5.75 Å². The van der Waals surface area contributed by atoms with Gasteiger partial charge < -0.3 is 0 Å². The molecule has 1 aliphatic rings. The van der Waals surface area contributed by atoms with Gasteiger partial charge in [-0.15, -0.1) is 0 Å². The molecule has 0 heterocycles. The molecule has 0 saturated heterocycles. The Hall–Kier alpha value is 0.440. The van der Waals surface area contributed by atoms with E-state index >= 15 is 0 Å². The second-order valence-corrected chi connectivity index (χ2v) is 5.71. The molecule has 1 aliphatic carbocycles. The third-order valence-corrected chi connectivity index (χ3v) is 3.77. The molecule has 0 aromatic carbocycles. The molecule has 1 saturated carbocycles. The average Bonchev–Trinajstić information content (AvgIpc) is 1.85. The topological polar surface area (TPSA) is 17.1 Å². The molecule has 0 radical (unpaired) electrons. The van der Waals surface area contributed by atoms with Gasteiger partial charge >= 0.3 is 0 Å². The van der Waals surface area contributed by atoms with Crippen molar-refractivity contribution in [1.29, 1.82) is 0 Å². The van der Waals surface area contributed by atoms with Gasteiger partial charge in [-0.2, -0.15) is 0 Å². The number of hydrogen-bond acceptors (Lipinski definition) is 1.